The summed E-state index contributed by atoms with van der Waals surface area (Å²) < 4.78 is 1.09. The molecule has 0 aromatic heterocycles. The first kappa shape index (κ1) is 15.7. The molecule has 0 saturated heterocycles. The molecule has 2 aromatic rings. The zero-order valence-electron chi connectivity index (χ0n) is 13.3. The van der Waals surface area contributed by atoms with E-state index in [4.69, 9.17) is 11.6 Å². The first-order valence-electron chi connectivity index (χ1n) is 8.66. The molecule has 2 aromatic carbocycles. The van der Waals surface area contributed by atoms with Gasteiger partial charge in [-0.25, -0.2) is 0 Å². The highest BCUT2D eigenvalue weighted by molar-refractivity contribution is 9.10. The van der Waals surface area contributed by atoms with Gasteiger partial charge >= 0.3 is 0 Å². The van der Waals surface area contributed by atoms with Gasteiger partial charge in [-0.2, -0.15) is 0 Å². The van der Waals surface area contributed by atoms with Crippen LogP contribution >= 0.6 is 27.5 Å². The van der Waals surface area contributed by atoms with Crippen molar-refractivity contribution in [3.63, 3.8) is 0 Å². The van der Waals surface area contributed by atoms with Gasteiger partial charge in [0.1, 0.15) is 0 Å². The summed E-state index contributed by atoms with van der Waals surface area (Å²) in [6.07, 6.45) is 9.55. The van der Waals surface area contributed by atoms with E-state index in [-0.39, 0.29) is 0 Å². The molecule has 2 aliphatic rings. The number of halogens is 2. The third-order valence-electron chi connectivity index (χ3n) is 5.86. The van der Waals surface area contributed by atoms with Crippen LogP contribution < -0.4 is 0 Å². The molecule has 120 valence electrons. The minimum Gasteiger partial charge on any atom is -0.0840 e. The van der Waals surface area contributed by atoms with Gasteiger partial charge in [0.25, 0.3) is 0 Å². The quantitative estimate of drug-likeness (QED) is 0.523. The van der Waals surface area contributed by atoms with Crippen molar-refractivity contribution in [2.24, 2.45) is 5.41 Å². The molecule has 1 spiro atoms. The van der Waals surface area contributed by atoms with Gasteiger partial charge in [-0.05, 0) is 91.2 Å². The molecule has 2 fully saturated rings. The van der Waals surface area contributed by atoms with Crippen LogP contribution in [-0.2, 0) is 6.42 Å². The van der Waals surface area contributed by atoms with Gasteiger partial charge in [-0.1, -0.05) is 51.8 Å². The van der Waals surface area contributed by atoms with Crippen molar-refractivity contribution in [3.05, 3.63) is 68.7 Å². The van der Waals surface area contributed by atoms with Crippen molar-refractivity contribution in [1.82, 2.24) is 0 Å². The van der Waals surface area contributed by atoms with Gasteiger partial charge in [0.15, 0.2) is 0 Å². The number of hydrogen-bond donors (Lipinski definition) is 0. The van der Waals surface area contributed by atoms with E-state index in [9.17, 15) is 0 Å². The summed E-state index contributed by atoms with van der Waals surface area (Å²) in [5, 5.41) is 0.847. The molecule has 0 nitrogen and oxygen atoms in total. The number of hydrogen-bond acceptors (Lipinski definition) is 0. The van der Waals surface area contributed by atoms with E-state index >= 15 is 0 Å². The lowest BCUT2D eigenvalue weighted by molar-refractivity contribution is 0.306. The molecular weight excluding hydrogens is 368 g/mol. The van der Waals surface area contributed by atoms with Gasteiger partial charge in [-0.3, -0.25) is 0 Å². The Labute approximate surface area is 152 Å². The molecule has 0 atom stereocenters. The zero-order chi connectivity index (χ0) is 15.9. The fourth-order valence-electron chi connectivity index (χ4n) is 4.05. The summed E-state index contributed by atoms with van der Waals surface area (Å²) in [7, 11) is 0. The van der Waals surface area contributed by atoms with Crippen molar-refractivity contribution in [2.75, 3.05) is 0 Å². The third-order valence-corrected chi connectivity index (χ3v) is 6.72. The second-order valence-electron chi connectivity index (χ2n) is 7.43. The molecule has 0 unspecified atom stereocenters. The fourth-order valence-corrected chi connectivity index (χ4v) is 4.64. The Morgan fingerprint density at radius 3 is 2.30 bits per heavy atom. The summed E-state index contributed by atoms with van der Waals surface area (Å²) in [5.74, 6) is 0.782. The lowest BCUT2D eigenvalue weighted by Gasteiger charge is -2.28. The van der Waals surface area contributed by atoms with E-state index in [1.165, 1.54) is 55.2 Å². The smallest absolute Gasteiger partial charge is 0.0442 e. The van der Waals surface area contributed by atoms with Gasteiger partial charge in [-0.15, -0.1) is 0 Å². The molecule has 0 N–H and O–H groups in total. The summed E-state index contributed by atoms with van der Waals surface area (Å²) >= 11 is 9.84. The third kappa shape index (κ3) is 3.51. The van der Waals surface area contributed by atoms with Crippen LogP contribution in [-0.4, -0.2) is 0 Å². The van der Waals surface area contributed by atoms with Crippen molar-refractivity contribution in [1.29, 1.82) is 0 Å². The van der Waals surface area contributed by atoms with Crippen LogP contribution in [0.25, 0.3) is 0 Å². The summed E-state index contributed by atoms with van der Waals surface area (Å²) in [6, 6.07) is 15.3. The SMILES string of the molecule is Clc1ccc(Br)cc1Cc1ccc(C2CCC3(CC2)CC3)cc1. The summed E-state index contributed by atoms with van der Waals surface area (Å²) in [6.45, 7) is 0. The van der Waals surface area contributed by atoms with Crippen LogP contribution in [0.4, 0.5) is 0 Å². The standard InChI is InChI=1S/C21H22BrCl/c22-19-5-6-20(23)18(14-19)13-15-1-3-16(4-2-15)17-7-9-21(10-8-17)11-12-21/h1-6,14,17H,7-13H2. The van der Waals surface area contributed by atoms with E-state index in [0.717, 1.165) is 27.2 Å². The van der Waals surface area contributed by atoms with E-state index in [2.05, 4.69) is 46.3 Å². The van der Waals surface area contributed by atoms with Crippen LogP contribution in [0.1, 0.15) is 61.1 Å². The highest BCUT2D eigenvalue weighted by Crippen LogP contribution is 2.58. The van der Waals surface area contributed by atoms with Gasteiger partial charge in [0, 0.05) is 9.50 Å². The van der Waals surface area contributed by atoms with Crippen LogP contribution in [0.5, 0.6) is 0 Å². The van der Waals surface area contributed by atoms with Crippen molar-refractivity contribution >= 4 is 27.5 Å². The Morgan fingerprint density at radius 2 is 1.65 bits per heavy atom. The van der Waals surface area contributed by atoms with Crippen LogP contribution in [0.2, 0.25) is 5.02 Å². The molecule has 0 amide bonds. The molecule has 0 radical (unpaired) electrons. The maximum atomic E-state index is 6.31. The monoisotopic (exact) mass is 388 g/mol. The summed E-state index contributed by atoms with van der Waals surface area (Å²) in [5.41, 5.74) is 4.84. The molecular formula is C21H22BrCl. The Hall–Kier alpha value is -0.790. The maximum Gasteiger partial charge on any atom is 0.0442 e. The molecule has 0 heterocycles. The lowest BCUT2D eigenvalue weighted by atomic mass is 9.77. The normalized spacial score (nSPS) is 19.9. The summed E-state index contributed by atoms with van der Waals surface area (Å²) in [4.78, 5) is 0. The number of benzene rings is 2. The Balaban J connectivity index is 1.44. The van der Waals surface area contributed by atoms with Gasteiger partial charge in [0.05, 0.1) is 0 Å². The van der Waals surface area contributed by atoms with Gasteiger partial charge < -0.3 is 0 Å². The molecule has 2 saturated carbocycles. The predicted octanol–water partition coefficient (Wildman–Crippen LogP) is 7.13. The van der Waals surface area contributed by atoms with Crippen LogP contribution in [0.3, 0.4) is 0 Å². The van der Waals surface area contributed by atoms with Crippen LogP contribution in [0, 0.1) is 5.41 Å². The minimum atomic E-state index is 0.782. The average Bonchev–Trinajstić information content (AvgIpc) is 3.32. The first-order valence-corrected chi connectivity index (χ1v) is 9.83. The Kier molecular flexibility index (Phi) is 4.28. The Bertz CT molecular complexity index is 690. The fraction of sp³-hybridized carbons (Fsp3) is 0.429. The van der Waals surface area contributed by atoms with E-state index in [0.29, 0.717) is 0 Å². The largest absolute Gasteiger partial charge is 0.0840 e. The zero-order valence-corrected chi connectivity index (χ0v) is 15.7. The van der Waals surface area contributed by atoms with Crippen molar-refractivity contribution < 1.29 is 0 Å². The topological polar surface area (TPSA) is 0 Å². The highest BCUT2D eigenvalue weighted by Gasteiger charge is 2.44. The van der Waals surface area contributed by atoms with Crippen molar-refractivity contribution in [3.8, 4) is 0 Å². The first-order chi connectivity index (χ1) is 11.1. The molecule has 0 bridgehead atoms. The second-order valence-corrected chi connectivity index (χ2v) is 8.75. The average molecular weight is 390 g/mol. The van der Waals surface area contributed by atoms with E-state index in [1.807, 2.05) is 12.1 Å². The number of rotatable bonds is 3. The van der Waals surface area contributed by atoms with Crippen molar-refractivity contribution in [2.45, 2.75) is 50.9 Å². The molecule has 23 heavy (non-hydrogen) atoms. The predicted molar refractivity (Wildman–Crippen MR) is 101 cm³/mol. The van der Waals surface area contributed by atoms with E-state index < -0.39 is 0 Å². The highest BCUT2D eigenvalue weighted by atomic mass is 79.9. The Morgan fingerprint density at radius 1 is 0.957 bits per heavy atom. The molecule has 0 aliphatic heterocycles. The molecule has 2 heteroatoms. The van der Waals surface area contributed by atoms with Gasteiger partial charge in [0.2, 0.25) is 0 Å². The maximum absolute atomic E-state index is 6.31. The lowest BCUT2D eigenvalue weighted by Crippen LogP contribution is -2.13. The molecule has 2 aliphatic carbocycles. The minimum absolute atomic E-state index is 0.782. The second kappa shape index (κ2) is 6.26. The van der Waals surface area contributed by atoms with Crippen LogP contribution in [0.15, 0.2) is 46.9 Å². The van der Waals surface area contributed by atoms with E-state index in [1.54, 1.807) is 0 Å². The molecule has 4 rings (SSSR count).